The number of carbonyl (C=O) groups excluding carboxylic acids is 1. The minimum atomic E-state index is -0.500. The minimum absolute atomic E-state index is 0.0633. The first-order valence-electron chi connectivity index (χ1n) is 13.2. The van der Waals surface area contributed by atoms with Gasteiger partial charge in [0, 0.05) is 50.9 Å². The van der Waals surface area contributed by atoms with Crippen molar-refractivity contribution < 1.29 is 9.18 Å². The van der Waals surface area contributed by atoms with Crippen LogP contribution in [0.25, 0.3) is 10.9 Å². The standard InChI is InChI=1S/C27H31FN8O2/c1-3-36-25-22-20(29-15-30-25)13-17(23(28)24(22)33-27(36)38)14-34-9-11-35(12-10-34)21-8-7-19(31-16(21)2)26(37)32-18-5-4-6-18/h7-8,13,15,18H,3-6,9-12,14H2,1-2H3,(H,29,30)(H,32,37). The third-order valence-electron chi connectivity index (χ3n) is 7.79. The molecular formula is C27H31FN8O2. The molecule has 2 aliphatic heterocycles. The van der Waals surface area contributed by atoms with E-state index in [0.29, 0.717) is 41.2 Å². The summed E-state index contributed by atoms with van der Waals surface area (Å²) in [5.41, 5.74) is 3.06. The number of amides is 1. The molecule has 11 heteroatoms. The third-order valence-corrected chi connectivity index (χ3v) is 7.79. The van der Waals surface area contributed by atoms with Crippen LogP contribution >= 0.6 is 0 Å². The number of aromatic nitrogens is 3. The first-order valence-corrected chi connectivity index (χ1v) is 13.2. The molecule has 0 unspecified atom stereocenters. The lowest BCUT2D eigenvalue weighted by Crippen LogP contribution is -2.46. The average molecular weight is 519 g/mol. The van der Waals surface area contributed by atoms with Gasteiger partial charge in [0.2, 0.25) is 0 Å². The highest BCUT2D eigenvalue weighted by molar-refractivity contribution is 6.06. The number of aliphatic imine (C=N–C) groups is 1. The van der Waals surface area contributed by atoms with E-state index in [2.05, 4.69) is 35.4 Å². The van der Waals surface area contributed by atoms with Crippen LogP contribution in [-0.4, -0.2) is 63.9 Å². The molecule has 1 amide bonds. The van der Waals surface area contributed by atoms with Gasteiger partial charge in [0.1, 0.15) is 17.0 Å². The number of halogens is 1. The lowest BCUT2D eigenvalue weighted by Gasteiger charge is -2.36. The number of hydrogen-bond acceptors (Lipinski definition) is 8. The maximum absolute atomic E-state index is 15.6. The Kier molecular flexibility index (Phi) is 6.30. The van der Waals surface area contributed by atoms with E-state index in [1.54, 1.807) is 12.1 Å². The highest BCUT2D eigenvalue weighted by Gasteiger charge is 2.25. The van der Waals surface area contributed by atoms with Crippen LogP contribution in [0.5, 0.6) is 0 Å². The van der Waals surface area contributed by atoms with Crippen molar-refractivity contribution in [3.63, 3.8) is 0 Å². The second kappa shape index (κ2) is 9.79. The van der Waals surface area contributed by atoms with Crippen LogP contribution in [0, 0.1) is 12.7 Å². The van der Waals surface area contributed by atoms with Crippen molar-refractivity contribution in [3.05, 3.63) is 51.5 Å². The maximum Gasteiger partial charge on any atom is 0.349 e. The zero-order valence-electron chi connectivity index (χ0n) is 21.6. The Morgan fingerprint density at radius 1 is 1.18 bits per heavy atom. The number of pyridine rings is 1. The molecule has 1 saturated heterocycles. The molecule has 6 rings (SSSR count). The van der Waals surface area contributed by atoms with E-state index in [0.717, 1.165) is 50.4 Å². The van der Waals surface area contributed by atoms with Crippen LogP contribution < -0.4 is 21.2 Å². The quantitative estimate of drug-likeness (QED) is 0.517. The SMILES string of the molecule is CCn1c2c3c(cc(CN4CCN(c5ccc(C(=O)NC6CCC6)nc5C)CC4)c(F)c3nc1=O)NC=N2. The van der Waals surface area contributed by atoms with Gasteiger partial charge in [-0.15, -0.1) is 0 Å². The van der Waals surface area contributed by atoms with Crippen molar-refractivity contribution in [1.29, 1.82) is 0 Å². The van der Waals surface area contributed by atoms with E-state index >= 15 is 4.39 Å². The van der Waals surface area contributed by atoms with Crippen LogP contribution in [0.2, 0.25) is 0 Å². The van der Waals surface area contributed by atoms with Crippen LogP contribution in [0.15, 0.2) is 28.0 Å². The van der Waals surface area contributed by atoms with Gasteiger partial charge in [-0.1, -0.05) is 0 Å². The number of carbonyl (C=O) groups is 1. The summed E-state index contributed by atoms with van der Waals surface area (Å²) in [7, 11) is 0. The summed E-state index contributed by atoms with van der Waals surface area (Å²) in [5.74, 6) is -0.144. The lowest BCUT2D eigenvalue weighted by molar-refractivity contribution is 0.0911. The van der Waals surface area contributed by atoms with Gasteiger partial charge in [0.05, 0.1) is 28.8 Å². The molecule has 3 aliphatic rings. The summed E-state index contributed by atoms with van der Waals surface area (Å²) in [6.45, 7) is 7.58. The maximum atomic E-state index is 15.6. The summed E-state index contributed by atoms with van der Waals surface area (Å²) < 4.78 is 17.0. The Hall–Kier alpha value is -3.86. The fourth-order valence-corrected chi connectivity index (χ4v) is 5.44. The normalized spacial score (nSPS) is 17.4. The molecule has 0 bridgehead atoms. The number of benzene rings is 1. The molecule has 3 aromatic rings. The van der Waals surface area contributed by atoms with Crippen molar-refractivity contribution >= 4 is 40.3 Å². The molecule has 2 aromatic heterocycles. The Morgan fingerprint density at radius 2 is 1.97 bits per heavy atom. The van der Waals surface area contributed by atoms with Crippen LogP contribution in [0.4, 0.5) is 21.6 Å². The van der Waals surface area contributed by atoms with E-state index < -0.39 is 11.5 Å². The smallest absolute Gasteiger partial charge is 0.349 e. The van der Waals surface area contributed by atoms with Crippen LogP contribution in [0.1, 0.15) is 47.9 Å². The summed E-state index contributed by atoms with van der Waals surface area (Å²) in [5, 5.41) is 6.67. The molecule has 2 N–H and O–H groups in total. The van der Waals surface area contributed by atoms with Crippen molar-refractivity contribution in [2.75, 3.05) is 36.4 Å². The van der Waals surface area contributed by atoms with Gasteiger partial charge in [0.15, 0.2) is 5.82 Å². The van der Waals surface area contributed by atoms with Crippen molar-refractivity contribution in [2.45, 2.75) is 52.2 Å². The second-order valence-electron chi connectivity index (χ2n) is 10.2. The van der Waals surface area contributed by atoms with Gasteiger partial charge < -0.3 is 15.5 Å². The summed E-state index contributed by atoms with van der Waals surface area (Å²) in [6.07, 6.45) is 4.78. The topological polar surface area (TPSA) is 108 Å². The molecule has 2 fully saturated rings. The highest BCUT2D eigenvalue weighted by atomic mass is 19.1. The summed E-state index contributed by atoms with van der Waals surface area (Å²) >= 11 is 0. The van der Waals surface area contributed by atoms with E-state index in [1.165, 1.54) is 17.3 Å². The second-order valence-corrected chi connectivity index (χ2v) is 10.2. The number of aryl methyl sites for hydroxylation is 1. The number of nitrogens with one attached hydrogen (secondary N) is 2. The predicted octanol–water partition coefficient (Wildman–Crippen LogP) is 2.95. The zero-order chi connectivity index (χ0) is 26.4. The monoisotopic (exact) mass is 518 g/mol. The van der Waals surface area contributed by atoms with Crippen molar-refractivity contribution in [3.8, 4) is 0 Å². The van der Waals surface area contributed by atoms with Gasteiger partial charge in [-0.25, -0.2) is 19.2 Å². The fourth-order valence-electron chi connectivity index (χ4n) is 5.44. The van der Waals surface area contributed by atoms with Gasteiger partial charge in [-0.2, -0.15) is 4.98 Å². The molecule has 38 heavy (non-hydrogen) atoms. The highest BCUT2D eigenvalue weighted by Crippen LogP contribution is 2.36. The van der Waals surface area contributed by atoms with Crippen molar-refractivity contribution in [2.24, 2.45) is 4.99 Å². The number of rotatable bonds is 6. The molecule has 1 aromatic carbocycles. The van der Waals surface area contributed by atoms with E-state index in [-0.39, 0.29) is 17.5 Å². The Morgan fingerprint density at radius 3 is 2.66 bits per heavy atom. The minimum Gasteiger partial charge on any atom is -0.368 e. The number of nitrogens with zero attached hydrogens (tertiary/aromatic N) is 6. The average Bonchev–Trinajstić information content (AvgIpc) is 2.89. The van der Waals surface area contributed by atoms with Gasteiger partial charge in [-0.3, -0.25) is 14.3 Å². The lowest BCUT2D eigenvalue weighted by atomic mass is 9.93. The number of piperazine rings is 1. The first kappa shape index (κ1) is 24.5. The fraction of sp³-hybridized carbons (Fsp3) is 0.444. The molecule has 198 valence electrons. The van der Waals surface area contributed by atoms with Crippen molar-refractivity contribution in [1.82, 2.24) is 24.8 Å². The molecule has 4 heterocycles. The molecule has 1 aliphatic carbocycles. The van der Waals surface area contributed by atoms with Crippen LogP contribution in [0.3, 0.4) is 0 Å². The predicted molar refractivity (Wildman–Crippen MR) is 145 cm³/mol. The molecule has 0 radical (unpaired) electrons. The van der Waals surface area contributed by atoms with E-state index in [1.807, 2.05) is 19.9 Å². The van der Waals surface area contributed by atoms with Gasteiger partial charge >= 0.3 is 5.69 Å². The van der Waals surface area contributed by atoms with Gasteiger partial charge in [-0.05, 0) is 51.3 Å². The Bertz CT molecular complexity index is 1510. The summed E-state index contributed by atoms with van der Waals surface area (Å²) in [4.78, 5) is 42.3. The van der Waals surface area contributed by atoms with Gasteiger partial charge in [0.25, 0.3) is 5.91 Å². The number of hydrogen-bond donors (Lipinski definition) is 2. The van der Waals surface area contributed by atoms with E-state index in [4.69, 9.17) is 0 Å². The van der Waals surface area contributed by atoms with E-state index in [9.17, 15) is 9.59 Å². The summed E-state index contributed by atoms with van der Waals surface area (Å²) in [6, 6.07) is 5.84. The molecule has 10 nitrogen and oxygen atoms in total. The molecule has 1 saturated carbocycles. The third kappa shape index (κ3) is 4.30. The first-order chi connectivity index (χ1) is 18.4. The Balaban J connectivity index is 1.16. The zero-order valence-corrected chi connectivity index (χ0v) is 21.6. The molecular weight excluding hydrogens is 487 g/mol. The Labute approximate surface area is 219 Å². The molecule has 0 spiro atoms. The van der Waals surface area contributed by atoms with Crippen LogP contribution in [-0.2, 0) is 13.1 Å². The largest absolute Gasteiger partial charge is 0.368 e. The molecule has 0 atom stereocenters. The number of anilines is 2.